The topological polar surface area (TPSA) is 89.2 Å². The van der Waals surface area contributed by atoms with Crippen LogP contribution in [0.5, 0.6) is 0 Å². The lowest BCUT2D eigenvalue weighted by atomic mass is 10.2. The standard InChI is InChI=1S/C20H21BrN4O3S/c1-13-3-4-14(21)11-16(13)24-18(26)7-8-22-19(27)17-6-5-15(28-17)12-29-20-23-9-10-25(20)2/h3-6,9-11H,7-8,12H2,1-2H3,(H,22,27)(H,24,26). The van der Waals surface area contributed by atoms with Crippen molar-refractivity contribution in [1.82, 2.24) is 14.9 Å². The quantitative estimate of drug-likeness (QED) is 0.477. The minimum Gasteiger partial charge on any atom is -0.455 e. The molecular formula is C20H21BrN4O3S. The molecule has 0 aliphatic rings. The fourth-order valence-corrected chi connectivity index (χ4v) is 3.71. The number of aromatic nitrogens is 2. The van der Waals surface area contributed by atoms with Gasteiger partial charge in [0.2, 0.25) is 5.91 Å². The van der Waals surface area contributed by atoms with E-state index in [1.54, 1.807) is 18.3 Å². The van der Waals surface area contributed by atoms with Crippen LogP contribution in [0, 0.1) is 6.92 Å². The monoisotopic (exact) mass is 476 g/mol. The zero-order chi connectivity index (χ0) is 20.8. The van der Waals surface area contributed by atoms with Crippen LogP contribution in [0.3, 0.4) is 0 Å². The van der Waals surface area contributed by atoms with Crippen LogP contribution in [0.1, 0.15) is 28.3 Å². The molecule has 3 aromatic rings. The smallest absolute Gasteiger partial charge is 0.287 e. The normalized spacial score (nSPS) is 10.7. The summed E-state index contributed by atoms with van der Waals surface area (Å²) in [4.78, 5) is 28.6. The van der Waals surface area contributed by atoms with Crippen molar-refractivity contribution >= 4 is 45.2 Å². The van der Waals surface area contributed by atoms with E-state index in [-0.39, 0.29) is 30.5 Å². The minimum absolute atomic E-state index is 0.167. The molecule has 0 radical (unpaired) electrons. The van der Waals surface area contributed by atoms with E-state index in [1.807, 2.05) is 42.9 Å². The number of anilines is 1. The second kappa shape index (κ2) is 9.80. The van der Waals surface area contributed by atoms with Gasteiger partial charge in [-0.3, -0.25) is 9.59 Å². The molecule has 2 N–H and O–H groups in total. The van der Waals surface area contributed by atoms with E-state index in [2.05, 4.69) is 31.5 Å². The van der Waals surface area contributed by atoms with Crippen molar-refractivity contribution in [2.45, 2.75) is 24.3 Å². The summed E-state index contributed by atoms with van der Waals surface area (Å²) in [5, 5.41) is 6.43. The Hall–Kier alpha value is -2.52. The molecule has 1 aromatic carbocycles. The second-order valence-corrected chi connectivity index (χ2v) is 8.25. The number of hydrogen-bond acceptors (Lipinski definition) is 5. The van der Waals surface area contributed by atoms with Crippen LogP contribution in [0.15, 0.2) is 56.8 Å². The lowest BCUT2D eigenvalue weighted by molar-refractivity contribution is -0.116. The summed E-state index contributed by atoms with van der Waals surface area (Å²) in [5.74, 6) is 0.976. The van der Waals surface area contributed by atoms with Crippen LogP contribution in [-0.2, 0) is 17.6 Å². The van der Waals surface area contributed by atoms with Crippen LogP contribution in [0.25, 0.3) is 0 Å². The Balaban J connectivity index is 1.43. The average molecular weight is 477 g/mol. The first-order valence-corrected chi connectivity index (χ1v) is 10.7. The molecule has 2 heterocycles. The number of nitrogens with zero attached hydrogens (tertiary/aromatic N) is 2. The summed E-state index contributed by atoms with van der Waals surface area (Å²) in [6.07, 6.45) is 3.77. The van der Waals surface area contributed by atoms with Crippen LogP contribution >= 0.6 is 27.7 Å². The zero-order valence-corrected chi connectivity index (χ0v) is 18.5. The summed E-state index contributed by atoms with van der Waals surface area (Å²) < 4.78 is 8.40. The number of carbonyl (C=O) groups is 2. The van der Waals surface area contributed by atoms with Gasteiger partial charge < -0.3 is 19.6 Å². The first kappa shape index (κ1) is 21.2. The third-order valence-electron chi connectivity index (χ3n) is 4.12. The third kappa shape index (κ3) is 5.98. The van der Waals surface area contributed by atoms with Gasteiger partial charge in [-0.15, -0.1) is 0 Å². The number of thioether (sulfide) groups is 1. The summed E-state index contributed by atoms with van der Waals surface area (Å²) in [6, 6.07) is 9.08. The fourth-order valence-electron chi connectivity index (χ4n) is 2.52. The first-order valence-electron chi connectivity index (χ1n) is 8.95. The number of rotatable bonds is 8. The maximum absolute atomic E-state index is 12.2. The van der Waals surface area contributed by atoms with E-state index < -0.39 is 0 Å². The number of imidazole rings is 1. The SMILES string of the molecule is Cc1ccc(Br)cc1NC(=O)CCNC(=O)c1ccc(CSc2nccn2C)o1. The molecule has 0 aliphatic heterocycles. The van der Waals surface area contributed by atoms with E-state index in [0.717, 1.165) is 20.9 Å². The minimum atomic E-state index is -0.343. The van der Waals surface area contributed by atoms with Gasteiger partial charge >= 0.3 is 0 Å². The molecule has 0 saturated carbocycles. The highest BCUT2D eigenvalue weighted by Gasteiger charge is 2.13. The number of hydrogen-bond donors (Lipinski definition) is 2. The largest absolute Gasteiger partial charge is 0.455 e. The summed E-state index contributed by atoms with van der Waals surface area (Å²) >= 11 is 4.91. The molecule has 9 heteroatoms. The molecule has 0 saturated heterocycles. The number of amides is 2. The summed E-state index contributed by atoms with van der Waals surface area (Å²) in [5.41, 5.74) is 1.72. The van der Waals surface area contributed by atoms with Crippen LogP contribution in [-0.4, -0.2) is 27.9 Å². The van der Waals surface area contributed by atoms with Gasteiger partial charge in [0, 0.05) is 42.6 Å². The van der Waals surface area contributed by atoms with E-state index >= 15 is 0 Å². The molecule has 0 aliphatic carbocycles. The van der Waals surface area contributed by atoms with Crippen molar-refractivity contribution in [2.24, 2.45) is 7.05 Å². The van der Waals surface area contributed by atoms with Crippen molar-refractivity contribution in [1.29, 1.82) is 0 Å². The molecule has 3 rings (SSSR count). The summed E-state index contributed by atoms with van der Waals surface area (Å²) in [7, 11) is 1.92. The van der Waals surface area contributed by atoms with E-state index in [1.165, 1.54) is 11.8 Å². The maximum atomic E-state index is 12.2. The molecule has 2 aromatic heterocycles. The second-order valence-electron chi connectivity index (χ2n) is 6.39. The molecule has 0 atom stereocenters. The molecule has 2 amide bonds. The first-order chi connectivity index (χ1) is 13.9. The van der Waals surface area contributed by atoms with Crippen molar-refractivity contribution in [3.05, 3.63) is 64.3 Å². The number of benzene rings is 1. The number of halogens is 1. The average Bonchev–Trinajstić information content (AvgIpc) is 3.32. The third-order valence-corrected chi connectivity index (χ3v) is 5.69. The Bertz CT molecular complexity index is 1010. The lowest BCUT2D eigenvalue weighted by Gasteiger charge is -2.09. The molecule has 152 valence electrons. The molecule has 0 fully saturated rings. The molecular weight excluding hydrogens is 456 g/mol. The molecule has 29 heavy (non-hydrogen) atoms. The lowest BCUT2D eigenvalue weighted by Crippen LogP contribution is -2.27. The van der Waals surface area contributed by atoms with Crippen molar-refractivity contribution in [2.75, 3.05) is 11.9 Å². The van der Waals surface area contributed by atoms with E-state index in [9.17, 15) is 9.59 Å². The Morgan fingerprint density at radius 1 is 1.28 bits per heavy atom. The van der Waals surface area contributed by atoms with Gasteiger partial charge in [-0.1, -0.05) is 33.8 Å². The van der Waals surface area contributed by atoms with Crippen LogP contribution in [0.2, 0.25) is 0 Å². The number of furan rings is 1. The van der Waals surface area contributed by atoms with Gasteiger partial charge in [0.05, 0.1) is 5.75 Å². The van der Waals surface area contributed by atoms with E-state index in [0.29, 0.717) is 11.5 Å². The van der Waals surface area contributed by atoms with Gasteiger partial charge in [0.1, 0.15) is 5.76 Å². The van der Waals surface area contributed by atoms with Crippen molar-refractivity contribution in [3.63, 3.8) is 0 Å². The number of carbonyl (C=O) groups excluding carboxylic acids is 2. The van der Waals surface area contributed by atoms with Gasteiger partial charge in [-0.05, 0) is 36.8 Å². The number of nitrogens with one attached hydrogen (secondary N) is 2. The fraction of sp³-hybridized carbons (Fsp3) is 0.250. The molecule has 0 bridgehead atoms. The highest BCUT2D eigenvalue weighted by molar-refractivity contribution is 9.10. The zero-order valence-electron chi connectivity index (χ0n) is 16.1. The van der Waals surface area contributed by atoms with Gasteiger partial charge in [-0.25, -0.2) is 4.98 Å². The number of aryl methyl sites for hydroxylation is 2. The molecule has 0 spiro atoms. The maximum Gasteiger partial charge on any atom is 0.287 e. The Kier molecular flexibility index (Phi) is 7.16. The molecule has 7 nitrogen and oxygen atoms in total. The highest BCUT2D eigenvalue weighted by Crippen LogP contribution is 2.22. The van der Waals surface area contributed by atoms with Crippen molar-refractivity contribution in [3.8, 4) is 0 Å². The van der Waals surface area contributed by atoms with Gasteiger partial charge in [-0.2, -0.15) is 0 Å². The Labute approximate surface area is 181 Å². The van der Waals surface area contributed by atoms with Gasteiger partial charge in [0.15, 0.2) is 10.9 Å². The Morgan fingerprint density at radius 3 is 2.86 bits per heavy atom. The predicted octanol–water partition coefficient (Wildman–Crippen LogP) is 4.13. The van der Waals surface area contributed by atoms with Crippen LogP contribution in [0.4, 0.5) is 5.69 Å². The van der Waals surface area contributed by atoms with Gasteiger partial charge in [0.25, 0.3) is 5.91 Å². The van der Waals surface area contributed by atoms with Crippen LogP contribution < -0.4 is 10.6 Å². The van der Waals surface area contributed by atoms with Crippen molar-refractivity contribution < 1.29 is 14.0 Å². The Morgan fingerprint density at radius 2 is 2.10 bits per heavy atom. The van der Waals surface area contributed by atoms with E-state index in [4.69, 9.17) is 4.42 Å². The predicted molar refractivity (Wildman–Crippen MR) is 116 cm³/mol. The summed E-state index contributed by atoms with van der Waals surface area (Å²) in [6.45, 7) is 2.14. The molecule has 0 unspecified atom stereocenters. The highest BCUT2D eigenvalue weighted by atomic mass is 79.9.